The van der Waals surface area contributed by atoms with Gasteiger partial charge in [0.15, 0.2) is 0 Å². The van der Waals surface area contributed by atoms with Crippen molar-refractivity contribution < 1.29 is 9.72 Å². The maximum absolute atomic E-state index is 13.5. The van der Waals surface area contributed by atoms with E-state index in [1.165, 1.54) is 35.4 Å². The molecule has 0 heterocycles. The van der Waals surface area contributed by atoms with E-state index in [2.05, 4.69) is 23.5 Å². The van der Waals surface area contributed by atoms with Crippen LogP contribution in [0.1, 0.15) is 40.5 Å². The molecule has 0 aromatic heterocycles. The summed E-state index contributed by atoms with van der Waals surface area (Å²) in [6, 6.07) is 24.1. The highest BCUT2D eigenvalue weighted by atomic mass is 16.6. The first-order valence-corrected chi connectivity index (χ1v) is 9.70. The van der Waals surface area contributed by atoms with Gasteiger partial charge in [0.25, 0.3) is 5.69 Å². The standard InChI is InChI=1S/C24H17N3O3/c25-14-24(23(28)26-15-9-11-16(12-10-15)27(29)30)13-21-17-5-1-3-7-19(17)22(24)20-8-4-2-6-18(20)21/h1-12,21-22H,13H2,(H,26,28). The molecular weight excluding hydrogens is 378 g/mol. The third-order valence-electron chi connectivity index (χ3n) is 6.32. The number of nitro groups is 1. The Morgan fingerprint density at radius 1 is 0.967 bits per heavy atom. The summed E-state index contributed by atoms with van der Waals surface area (Å²) in [7, 11) is 0. The largest absolute Gasteiger partial charge is 0.325 e. The molecule has 30 heavy (non-hydrogen) atoms. The summed E-state index contributed by atoms with van der Waals surface area (Å²) in [4.78, 5) is 23.9. The lowest BCUT2D eigenvalue weighted by Crippen LogP contribution is -2.48. The maximum Gasteiger partial charge on any atom is 0.269 e. The number of fused-ring (bicyclic) bond motifs is 1. The number of carbonyl (C=O) groups excluding carboxylic acids is 1. The van der Waals surface area contributed by atoms with Crippen molar-refractivity contribution in [3.63, 3.8) is 0 Å². The predicted octanol–water partition coefficient (Wildman–Crippen LogP) is 4.72. The Bertz CT molecular complexity index is 1180. The summed E-state index contributed by atoms with van der Waals surface area (Å²) >= 11 is 0. The van der Waals surface area contributed by atoms with Crippen LogP contribution in [0.4, 0.5) is 11.4 Å². The molecule has 0 radical (unpaired) electrons. The van der Waals surface area contributed by atoms with Crippen LogP contribution < -0.4 is 5.32 Å². The van der Waals surface area contributed by atoms with Gasteiger partial charge in [0, 0.05) is 29.7 Å². The van der Waals surface area contributed by atoms with Gasteiger partial charge in [0.05, 0.1) is 11.0 Å². The SMILES string of the molecule is N#CC1(C(=O)Nc2ccc([N+](=O)[O-])cc2)CC2c3ccccc3C1c1ccccc12. The van der Waals surface area contributed by atoms with Crippen molar-refractivity contribution in [1.29, 1.82) is 5.26 Å². The fourth-order valence-electron chi connectivity index (χ4n) is 5.00. The number of nitrogens with zero attached hydrogens (tertiary/aromatic N) is 2. The molecule has 3 aliphatic carbocycles. The first kappa shape index (κ1) is 18.1. The molecule has 6 heteroatoms. The highest BCUT2D eigenvalue weighted by Crippen LogP contribution is 2.61. The van der Waals surface area contributed by atoms with Crippen LogP contribution in [-0.2, 0) is 4.79 Å². The lowest BCUT2D eigenvalue weighted by Gasteiger charge is -2.48. The molecule has 0 saturated carbocycles. The summed E-state index contributed by atoms with van der Waals surface area (Å²) in [5, 5.41) is 24.0. The monoisotopic (exact) mass is 395 g/mol. The number of benzene rings is 3. The van der Waals surface area contributed by atoms with E-state index < -0.39 is 10.3 Å². The number of carbonyl (C=O) groups is 1. The van der Waals surface area contributed by atoms with Gasteiger partial charge in [-0.05, 0) is 40.8 Å². The molecule has 3 aromatic carbocycles. The van der Waals surface area contributed by atoms with Gasteiger partial charge in [0.2, 0.25) is 5.91 Å². The zero-order chi connectivity index (χ0) is 20.9. The van der Waals surface area contributed by atoms with Crippen LogP contribution in [0.15, 0.2) is 72.8 Å². The zero-order valence-electron chi connectivity index (χ0n) is 15.9. The number of nitriles is 1. The lowest BCUT2D eigenvalue weighted by molar-refractivity contribution is -0.384. The molecule has 3 aromatic rings. The quantitative estimate of drug-likeness (QED) is 0.512. The lowest BCUT2D eigenvalue weighted by atomic mass is 9.52. The summed E-state index contributed by atoms with van der Waals surface area (Å²) in [5.41, 5.74) is 3.52. The summed E-state index contributed by atoms with van der Waals surface area (Å²) in [6.07, 6.45) is 0.404. The molecule has 0 spiro atoms. The minimum absolute atomic E-state index is 0.0235. The Hall–Kier alpha value is -3.98. The van der Waals surface area contributed by atoms with Crippen LogP contribution in [0.5, 0.6) is 0 Å². The highest BCUT2D eigenvalue weighted by molar-refractivity contribution is 5.99. The van der Waals surface area contributed by atoms with Crippen LogP contribution in [-0.4, -0.2) is 10.8 Å². The molecule has 0 aliphatic heterocycles. The molecule has 3 aliphatic rings. The number of nitrogens with one attached hydrogen (secondary N) is 1. The van der Waals surface area contributed by atoms with Crippen LogP contribution in [0.2, 0.25) is 0 Å². The van der Waals surface area contributed by atoms with Crippen molar-refractivity contribution in [2.24, 2.45) is 5.41 Å². The van der Waals surface area contributed by atoms with Gasteiger partial charge < -0.3 is 5.32 Å². The number of hydrogen-bond donors (Lipinski definition) is 1. The van der Waals surface area contributed by atoms with E-state index >= 15 is 0 Å². The van der Waals surface area contributed by atoms with Crippen molar-refractivity contribution in [2.75, 3.05) is 5.32 Å². The van der Waals surface area contributed by atoms with Crippen LogP contribution in [0.25, 0.3) is 0 Å². The Balaban J connectivity index is 1.58. The van der Waals surface area contributed by atoms with Gasteiger partial charge in [-0.15, -0.1) is 0 Å². The molecule has 1 unspecified atom stereocenters. The number of non-ortho nitro benzene ring substituents is 1. The Labute approximate surface area is 172 Å². The van der Waals surface area contributed by atoms with Crippen molar-refractivity contribution in [3.8, 4) is 6.07 Å². The molecule has 2 bridgehead atoms. The van der Waals surface area contributed by atoms with Gasteiger partial charge in [0.1, 0.15) is 5.41 Å². The first-order chi connectivity index (χ1) is 14.5. The van der Waals surface area contributed by atoms with Gasteiger partial charge in [-0.1, -0.05) is 48.5 Å². The molecule has 1 atom stereocenters. The smallest absolute Gasteiger partial charge is 0.269 e. The van der Waals surface area contributed by atoms with E-state index in [0.29, 0.717) is 12.1 Å². The Morgan fingerprint density at radius 3 is 2.00 bits per heavy atom. The minimum Gasteiger partial charge on any atom is -0.325 e. The molecule has 0 saturated heterocycles. The van der Waals surface area contributed by atoms with E-state index in [0.717, 1.165) is 11.1 Å². The van der Waals surface area contributed by atoms with E-state index in [1.807, 2.05) is 36.4 Å². The number of amides is 1. The zero-order valence-corrected chi connectivity index (χ0v) is 15.9. The topological polar surface area (TPSA) is 96.0 Å². The molecule has 0 fully saturated rings. The number of rotatable bonds is 3. The summed E-state index contributed by atoms with van der Waals surface area (Å²) < 4.78 is 0. The third kappa shape index (κ3) is 2.45. The van der Waals surface area contributed by atoms with Crippen LogP contribution in [0, 0.1) is 26.9 Å². The Kier molecular flexibility index (Phi) is 3.93. The van der Waals surface area contributed by atoms with Crippen molar-refractivity contribution >= 4 is 17.3 Å². The van der Waals surface area contributed by atoms with Gasteiger partial charge >= 0.3 is 0 Å². The highest BCUT2D eigenvalue weighted by Gasteiger charge is 2.57. The predicted molar refractivity (Wildman–Crippen MR) is 111 cm³/mol. The average molecular weight is 395 g/mol. The normalized spacial score (nSPS) is 23.0. The molecular formula is C24H17N3O3. The van der Waals surface area contributed by atoms with E-state index in [9.17, 15) is 20.2 Å². The second-order valence-corrected chi connectivity index (χ2v) is 7.79. The molecule has 6 rings (SSSR count). The summed E-state index contributed by atoms with van der Waals surface area (Å²) in [5.74, 6) is -0.763. The maximum atomic E-state index is 13.5. The van der Waals surface area contributed by atoms with Gasteiger partial charge in [-0.25, -0.2) is 0 Å². The Morgan fingerprint density at radius 2 is 1.50 bits per heavy atom. The molecule has 146 valence electrons. The first-order valence-electron chi connectivity index (χ1n) is 9.70. The van der Waals surface area contributed by atoms with Gasteiger partial charge in [-0.2, -0.15) is 5.26 Å². The second-order valence-electron chi connectivity index (χ2n) is 7.79. The molecule has 1 amide bonds. The van der Waals surface area contributed by atoms with Gasteiger partial charge in [-0.3, -0.25) is 14.9 Å². The van der Waals surface area contributed by atoms with E-state index in [4.69, 9.17) is 0 Å². The van der Waals surface area contributed by atoms with E-state index in [1.54, 1.807) is 0 Å². The second kappa shape index (κ2) is 6.53. The summed E-state index contributed by atoms with van der Waals surface area (Å²) in [6.45, 7) is 0. The van der Waals surface area contributed by atoms with Crippen molar-refractivity contribution in [1.82, 2.24) is 0 Å². The molecule has 1 N–H and O–H groups in total. The molecule has 6 nitrogen and oxygen atoms in total. The van der Waals surface area contributed by atoms with Crippen LogP contribution >= 0.6 is 0 Å². The fraction of sp³-hybridized carbons (Fsp3) is 0.167. The number of anilines is 1. The minimum atomic E-state index is -1.25. The number of nitro benzene ring substituents is 1. The third-order valence-corrected chi connectivity index (χ3v) is 6.32. The van der Waals surface area contributed by atoms with Crippen molar-refractivity contribution in [2.45, 2.75) is 18.3 Å². The van der Waals surface area contributed by atoms with E-state index in [-0.39, 0.29) is 23.4 Å². The van der Waals surface area contributed by atoms with Crippen LogP contribution in [0.3, 0.4) is 0 Å². The average Bonchev–Trinajstić information content (AvgIpc) is 2.79. The fourth-order valence-corrected chi connectivity index (χ4v) is 5.00. The number of hydrogen-bond acceptors (Lipinski definition) is 4. The van der Waals surface area contributed by atoms with Crippen molar-refractivity contribution in [3.05, 3.63) is 105 Å².